The van der Waals surface area contributed by atoms with Gasteiger partial charge < -0.3 is 10.3 Å². The molecule has 0 amide bonds. The Morgan fingerprint density at radius 2 is 2.40 bits per heavy atom. The lowest BCUT2D eigenvalue weighted by Gasteiger charge is -2.40. The zero-order valence-electron chi connectivity index (χ0n) is 9.56. The van der Waals surface area contributed by atoms with Crippen molar-refractivity contribution in [2.24, 2.45) is 5.73 Å². The molecule has 0 bridgehead atoms. The van der Waals surface area contributed by atoms with Crippen molar-refractivity contribution < 1.29 is 0 Å². The van der Waals surface area contributed by atoms with Crippen LogP contribution in [0.4, 0.5) is 0 Å². The Bertz CT molecular complexity index is 316. The number of nitrogens with zero attached hydrogens (tertiary/aromatic N) is 3. The molecular formula is C11H20N4. The number of hydrogen-bond donors (Lipinski definition) is 1. The summed E-state index contributed by atoms with van der Waals surface area (Å²) in [5.74, 6) is 1.16. The fourth-order valence-corrected chi connectivity index (χ4v) is 2.09. The van der Waals surface area contributed by atoms with E-state index in [0.29, 0.717) is 12.1 Å². The summed E-state index contributed by atoms with van der Waals surface area (Å²) in [5.41, 5.74) is 5.68. The quantitative estimate of drug-likeness (QED) is 0.803. The molecule has 0 saturated carbocycles. The van der Waals surface area contributed by atoms with E-state index in [1.54, 1.807) is 0 Å². The Morgan fingerprint density at radius 3 is 2.93 bits per heavy atom. The number of rotatable bonds is 4. The highest BCUT2D eigenvalue weighted by molar-refractivity contribution is 4.97. The van der Waals surface area contributed by atoms with E-state index < -0.39 is 0 Å². The molecule has 0 aromatic carbocycles. The third-order valence-electron chi connectivity index (χ3n) is 3.19. The lowest BCUT2D eigenvalue weighted by molar-refractivity contribution is 0.0833. The minimum Gasteiger partial charge on any atom is -0.331 e. The molecule has 1 aliphatic heterocycles. The predicted octanol–water partition coefficient (Wildman–Crippen LogP) is 0.997. The Balaban J connectivity index is 2.01. The van der Waals surface area contributed by atoms with Gasteiger partial charge in [0.05, 0.1) is 6.54 Å². The van der Waals surface area contributed by atoms with Crippen molar-refractivity contribution in [3.8, 4) is 0 Å². The molecule has 1 aromatic heterocycles. The molecule has 0 radical (unpaired) electrons. The van der Waals surface area contributed by atoms with Gasteiger partial charge in [-0.05, 0) is 20.3 Å². The van der Waals surface area contributed by atoms with Gasteiger partial charge in [0.25, 0.3) is 0 Å². The summed E-state index contributed by atoms with van der Waals surface area (Å²) in [5, 5.41) is 0. The molecule has 1 unspecified atom stereocenters. The molecule has 4 nitrogen and oxygen atoms in total. The Kier molecular flexibility index (Phi) is 3.07. The van der Waals surface area contributed by atoms with Crippen molar-refractivity contribution in [1.29, 1.82) is 0 Å². The van der Waals surface area contributed by atoms with Gasteiger partial charge in [0, 0.05) is 37.6 Å². The highest BCUT2D eigenvalue weighted by atomic mass is 15.2. The van der Waals surface area contributed by atoms with Gasteiger partial charge in [0.15, 0.2) is 0 Å². The second-order valence-corrected chi connectivity index (χ2v) is 4.49. The van der Waals surface area contributed by atoms with Crippen molar-refractivity contribution in [3.63, 3.8) is 0 Å². The number of likely N-dealkylation sites (tertiary alicyclic amines) is 1. The maximum absolute atomic E-state index is 5.68. The average Bonchev–Trinajstić information content (AvgIpc) is 2.61. The van der Waals surface area contributed by atoms with Gasteiger partial charge >= 0.3 is 0 Å². The van der Waals surface area contributed by atoms with Crippen LogP contribution in [0.3, 0.4) is 0 Å². The van der Waals surface area contributed by atoms with Gasteiger partial charge in [-0.2, -0.15) is 0 Å². The molecule has 1 aromatic rings. The molecular weight excluding hydrogens is 188 g/mol. The first-order chi connectivity index (χ1) is 7.22. The monoisotopic (exact) mass is 208 g/mol. The van der Waals surface area contributed by atoms with Gasteiger partial charge in [0.1, 0.15) is 5.82 Å². The van der Waals surface area contributed by atoms with Crippen LogP contribution in [-0.4, -0.2) is 33.6 Å². The van der Waals surface area contributed by atoms with E-state index in [4.69, 9.17) is 5.73 Å². The van der Waals surface area contributed by atoms with Crippen LogP contribution >= 0.6 is 0 Å². The van der Waals surface area contributed by atoms with Crippen LogP contribution < -0.4 is 5.73 Å². The topological polar surface area (TPSA) is 47.1 Å². The molecule has 1 fully saturated rings. The van der Waals surface area contributed by atoms with Crippen molar-refractivity contribution in [1.82, 2.24) is 14.5 Å². The van der Waals surface area contributed by atoms with Crippen LogP contribution in [0.2, 0.25) is 0 Å². The molecule has 15 heavy (non-hydrogen) atoms. The van der Waals surface area contributed by atoms with Crippen LogP contribution in [0, 0.1) is 0 Å². The first kappa shape index (κ1) is 10.6. The number of aromatic nitrogens is 2. The molecule has 1 atom stereocenters. The van der Waals surface area contributed by atoms with Gasteiger partial charge in [0.2, 0.25) is 0 Å². The van der Waals surface area contributed by atoms with Gasteiger partial charge in [-0.3, -0.25) is 4.90 Å². The third-order valence-corrected chi connectivity index (χ3v) is 3.19. The van der Waals surface area contributed by atoms with E-state index in [-0.39, 0.29) is 0 Å². The van der Waals surface area contributed by atoms with Crippen molar-refractivity contribution in [2.45, 2.75) is 38.9 Å². The van der Waals surface area contributed by atoms with E-state index >= 15 is 0 Å². The van der Waals surface area contributed by atoms with Crippen LogP contribution in [0.5, 0.6) is 0 Å². The highest BCUT2D eigenvalue weighted by Crippen LogP contribution is 2.20. The summed E-state index contributed by atoms with van der Waals surface area (Å²) in [6, 6.07) is 1.06. The maximum Gasteiger partial charge on any atom is 0.123 e. The van der Waals surface area contributed by atoms with Gasteiger partial charge in [-0.1, -0.05) is 0 Å². The molecule has 1 saturated heterocycles. The van der Waals surface area contributed by atoms with Crippen molar-refractivity contribution >= 4 is 0 Å². The molecule has 0 aliphatic carbocycles. The SMILES string of the molecule is CC(C)n1ccnc1CN1CCC1CN. The van der Waals surface area contributed by atoms with Gasteiger partial charge in [-0.15, -0.1) is 0 Å². The third kappa shape index (κ3) is 2.06. The summed E-state index contributed by atoms with van der Waals surface area (Å²) in [4.78, 5) is 6.81. The van der Waals surface area contributed by atoms with Crippen molar-refractivity contribution in [3.05, 3.63) is 18.2 Å². The normalized spacial score (nSPS) is 22.0. The van der Waals surface area contributed by atoms with Crippen LogP contribution in [0.25, 0.3) is 0 Å². The Hall–Kier alpha value is -0.870. The van der Waals surface area contributed by atoms with Crippen molar-refractivity contribution in [2.75, 3.05) is 13.1 Å². The fourth-order valence-electron chi connectivity index (χ4n) is 2.09. The highest BCUT2D eigenvalue weighted by Gasteiger charge is 2.27. The molecule has 1 aliphatic rings. The Morgan fingerprint density at radius 1 is 1.60 bits per heavy atom. The summed E-state index contributed by atoms with van der Waals surface area (Å²) in [7, 11) is 0. The fraction of sp³-hybridized carbons (Fsp3) is 0.727. The van der Waals surface area contributed by atoms with E-state index in [1.165, 1.54) is 6.42 Å². The predicted molar refractivity (Wildman–Crippen MR) is 60.5 cm³/mol. The number of imidazole rings is 1. The summed E-state index contributed by atoms with van der Waals surface area (Å²) >= 11 is 0. The smallest absolute Gasteiger partial charge is 0.123 e. The van der Waals surface area contributed by atoms with Crippen LogP contribution in [0.15, 0.2) is 12.4 Å². The van der Waals surface area contributed by atoms with Crippen LogP contribution in [0.1, 0.15) is 32.1 Å². The lowest BCUT2D eigenvalue weighted by Crippen LogP contribution is -2.51. The minimum atomic E-state index is 0.486. The lowest BCUT2D eigenvalue weighted by atomic mass is 10.0. The Labute approximate surface area is 91.1 Å². The second-order valence-electron chi connectivity index (χ2n) is 4.49. The molecule has 0 spiro atoms. The zero-order valence-corrected chi connectivity index (χ0v) is 9.56. The molecule has 84 valence electrons. The first-order valence-electron chi connectivity index (χ1n) is 5.68. The summed E-state index contributed by atoms with van der Waals surface area (Å²) in [6.45, 7) is 7.23. The molecule has 4 heteroatoms. The largest absolute Gasteiger partial charge is 0.331 e. The van der Waals surface area contributed by atoms with E-state index in [0.717, 1.165) is 25.5 Å². The van der Waals surface area contributed by atoms with Gasteiger partial charge in [-0.25, -0.2) is 4.98 Å². The minimum absolute atomic E-state index is 0.486. The number of nitrogens with two attached hydrogens (primary N) is 1. The number of hydrogen-bond acceptors (Lipinski definition) is 3. The summed E-state index contributed by atoms with van der Waals surface area (Å²) < 4.78 is 2.23. The molecule has 2 heterocycles. The maximum atomic E-state index is 5.68. The molecule has 2 N–H and O–H groups in total. The average molecular weight is 208 g/mol. The molecule has 2 rings (SSSR count). The summed E-state index contributed by atoms with van der Waals surface area (Å²) in [6.07, 6.45) is 5.17. The van der Waals surface area contributed by atoms with E-state index in [9.17, 15) is 0 Å². The standard InChI is InChI=1S/C11H20N4/c1-9(2)15-6-4-13-11(15)8-14-5-3-10(14)7-12/h4,6,9-10H,3,5,7-8,12H2,1-2H3. The van der Waals surface area contributed by atoms with E-state index in [2.05, 4.69) is 34.5 Å². The van der Waals surface area contributed by atoms with E-state index in [1.807, 2.05) is 6.20 Å². The van der Waals surface area contributed by atoms with Crippen LogP contribution in [-0.2, 0) is 6.54 Å². The second kappa shape index (κ2) is 4.33. The zero-order chi connectivity index (χ0) is 10.8. The first-order valence-corrected chi connectivity index (χ1v) is 5.68.